The number of anilines is 2. The average molecular weight is 426 g/mol. The van der Waals surface area contributed by atoms with Gasteiger partial charge >= 0.3 is 23.9 Å². The number of carbonyl (C=O) groups excluding carboxylic acids is 2. The van der Waals surface area contributed by atoms with E-state index in [-0.39, 0.29) is 12.2 Å². The Labute approximate surface area is 158 Å². The molecule has 2 N–H and O–H groups in total. The van der Waals surface area contributed by atoms with E-state index >= 15 is 0 Å². The zero-order chi connectivity index (χ0) is 22.0. The summed E-state index contributed by atoms with van der Waals surface area (Å²) in [5, 5.41) is 7.26. The molecule has 1 aromatic heterocycles. The number of nitrogens with one attached hydrogen (secondary N) is 2. The first-order valence-corrected chi connectivity index (χ1v) is 7.89. The first-order valence-electron chi connectivity index (χ1n) is 7.89. The number of alkyl halides is 7. The molecule has 2 rings (SSSR count). The molecule has 29 heavy (non-hydrogen) atoms. The summed E-state index contributed by atoms with van der Waals surface area (Å²) in [7, 11) is 0. The van der Waals surface area contributed by atoms with Gasteiger partial charge in [0.25, 0.3) is 5.91 Å². The molecule has 0 aliphatic rings. The fraction of sp³-hybridized carbons (Fsp3) is 0.312. The highest BCUT2D eigenvalue weighted by Crippen LogP contribution is 2.46. The molecule has 0 aliphatic carbocycles. The van der Waals surface area contributed by atoms with Crippen molar-refractivity contribution in [3.63, 3.8) is 0 Å². The third-order valence-electron chi connectivity index (χ3n) is 3.62. The van der Waals surface area contributed by atoms with E-state index in [1.807, 2.05) is 0 Å². The number of para-hydroxylation sites is 1. The maximum Gasteiger partial charge on any atom is 0.460 e. The molecule has 0 saturated carbocycles. The predicted molar refractivity (Wildman–Crippen MR) is 86.9 cm³/mol. The molecule has 0 unspecified atom stereocenters. The third kappa shape index (κ3) is 4.32. The van der Waals surface area contributed by atoms with Crippen molar-refractivity contribution in [1.29, 1.82) is 0 Å². The van der Waals surface area contributed by atoms with Gasteiger partial charge in [0, 0.05) is 18.4 Å². The average Bonchev–Trinajstić information content (AvgIpc) is 3.04. The van der Waals surface area contributed by atoms with Gasteiger partial charge in [0.05, 0.1) is 5.69 Å². The van der Waals surface area contributed by atoms with Crippen molar-refractivity contribution in [2.75, 3.05) is 10.6 Å². The van der Waals surface area contributed by atoms with Crippen LogP contribution in [0.2, 0.25) is 0 Å². The van der Waals surface area contributed by atoms with Gasteiger partial charge < -0.3 is 10.6 Å². The Bertz CT molecular complexity index is 894. The van der Waals surface area contributed by atoms with Crippen LogP contribution >= 0.6 is 0 Å². The van der Waals surface area contributed by atoms with E-state index in [1.54, 1.807) is 18.2 Å². The van der Waals surface area contributed by atoms with Gasteiger partial charge in [-0.05, 0) is 19.1 Å². The molecule has 6 nitrogen and oxygen atoms in total. The molecular weight excluding hydrogens is 413 g/mol. The summed E-state index contributed by atoms with van der Waals surface area (Å²) in [6.45, 7) is 1.60. The van der Waals surface area contributed by atoms with Crippen LogP contribution in [0, 0.1) is 0 Å². The number of hydrogen-bond donors (Lipinski definition) is 2. The summed E-state index contributed by atoms with van der Waals surface area (Å²) < 4.78 is 90.9. The number of benzene rings is 1. The van der Waals surface area contributed by atoms with E-state index in [4.69, 9.17) is 0 Å². The molecule has 0 spiro atoms. The van der Waals surface area contributed by atoms with Crippen LogP contribution in [0.15, 0.2) is 36.5 Å². The maximum atomic E-state index is 13.5. The van der Waals surface area contributed by atoms with E-state index in [0.717, 1.165) is 10.9 Å². The standard InChI is InChI=1S/C16H13F7N4O2/c1-2-27-8-10(11(26-27)12(28)24-9-6-4-3-5-7-9)25-13(29)14(17,18)15(19,20)16(21,22)23/h3-8H,2H2,1H3,(H,24,28)(H,25,29). The SMILES string of the molecule is CCn1cc(NC(=O)C(F)(F)C(F)(F)C(F)(F)F)c(C(=O)Nc2ccccc2)n1. The fourth-order valence-corrected chi connectivity index (χ4v) is 2.08. The second-order valence-electron chi connectivity index (χ2n) is 5.67. The minimum absolute atomic E-state index is 0.0800. The summed E-state index contributed by atoms with van der Waals surface area (Å²) >= 11 is 0. The Morgan fingerprint density at radius 3 is 2.10 bits per heavy atom. The molecule has 1 aromatic carbocycles. The Morgan fingerprint density at radius 1 is 1.00 bits per heavy atom. The third-order valence-corrected chi connectivity index (χ3v) is 3.62. The lowest BCUT2D eigenvalue weighted by Crippen LogP contribution is -2.57. The highest BCUT2D eigenvalue weighted by Gasteiger charge is 2.76. The number of nitrogens with zero attached hydrogens (tertiary/aromatic N) is 2. The molecule has 1 heterocycles. The molecule has 13 heteroatoms. The number of aryl methyl sites for hydroxylation is 1. The molecule has 0 aliphatic heterocycles. The summed E-state index contributed by atoms with van der Waals surface area (Å²) in [5.74, 6) is -16.7. The number of rotatable bonds is 6. The van der Waals surface area contributed by atoms with Crippen LogP contribution in [0.5, 0.6) is 0 Å². The summed E-state index contributed by atoms with van der Waals surface area (Å²) in [6.07, 6.45) is -5.82. The molecular formula is C16H13F7N4O2. The number of aromatic nitrogens is 2. The van der Waals surface area contributed by atoms with Crippen LogP contribution < -0.4 is 10.6 Å². The summed E-state index contributed by atoms with van der Waals surface area (Å²) in [4.78, 5) is 23.8. The van der Waals surface area contributed by atoms with Gasteiger partial charge in [0.15, 0.2) is 5.69 Å². The lowest BCUT2D eigenvalue weighted by atomic mass is 10.1. The minimum Gasteiger partial charge on any atom is -0.321 e. The number of amides is 2. The molecule has 0 atom stereocenters. The van der Waals surface area contributed by atoms with E-state index < -0.39 is 41.2 Å². The van der Waals surface area contributed by atoms with Crippen LogP contribution in [0.4, 0.5) is 42.1 Å². The summed E-state index contributed by atoms with van der Waals surface area (Å²) in [6, 6.07) is 7.68. The summed E-state index contributed by atoms with van der Waals surface area (Å²) in [5.41, 5.74) is -1.16. The predicted octanol–water partition coefficient (Wildman–Crippen LogP) is 3.93. The quantitative estimate of drug-likeness (QED) is 0.688. The van der Waals surface area contributed by atoms with Gasteiger partial charge in [-0.25, -0.2) is 0 Å². The monoisotopic (exact) mass is 426 g/mol. The van der Waals surface area contributed by atoms with Gasteiger partial charge in [-0.3, -0.25) is 14.3 Å². The van der Waals surface area contributed by atoms with Crippen molar-refractivity contribution >= 4 is 23.2 Å². The highest BCUT2D eigenvalue weighted by molar-refractivity contribution is 6.09. The Morgan fingerprint density at radius 2 is 1.59 bits per heavy atom. The van der Waals surface area contributed by atoms with Crippen molar-refractivity contribution in [3.05, 3.63) is 42.2 Å². The number of halogens is 7. The molecule has 0 fully saturated rings. The topological polar surface area (TPSA) is 76.0 Å². The van der Waals surface area contributed by atoms with Gasteiger partial charge in [0.1, 0.15) is 0 Å². The second-order valence-corrected chi connectivity index (χ2v) is 5.67. The lowest BCUT2D eigenvalue weighted by molar-refractivity contribution is -0.343. The van der Waals surface area contributed by atoms with Crippen LogP contribution in [0.25, 0.3) is 0 Å². The normalized spacial score (nSPS) is 12.6. The second kappa shape index (κ2) is 7.72. The molecule has 158 valence electrons. The smallest absolute Gasteiger partial charge is 0.321 e. The van der Waals surface area contributed by atoms with Crippen molar-refractivity contribution in [3.8, 4) is 0 Å². The van der Waals surface area contributed by atoms with Gasteiger partial charge in [-0.2, -0.15) is 35.8 Å². The highest BCUT2D eigenvalue weighted by atomic mass is 19.4. The van der Waals surface area contributed by atoms with E-state index in [9.17, 15) is 40.3 Å². The van der Waals surface area contributed by atoms with Crippen LogP contribution in [0.3, 0.4) is 0 Å². The van der Waals surface area contributed by atoms with Crippen LogP contribution in [0.1, 0.15) is 17.4 Å². The van der Waals surface area contributed by atoms with Crippen molar-refractivity contribution < 1.29 is 40.3 Å². The van der Waals surface area contributed by atoms with Gasteiger partial charge in [-0.1, -0.05) is 18.2 Å². The number of hydrogen-bond acceptors (Lipinski definition) is 3. The van der Waals surface area contributed by atoms with E-state index in [2.05, 4.69) is 10.4 Å². The molecule has 0 bridgehead atoms. The van der Waals surface area contributed by atoms with Crippen LogP contribution in [-0.2, 0) is 11.3 Å². The maximum absolute atomic E-state index is 13.5. The zero-order valence-corrected chi connectivity index (χ0v) is 14.5. The Kier molecular flexibility index (Phi) is 5.90. The van der Waals surface area contributed by atoms with E-state index in [0.29, 0.717) is 0 Å². The number of carbonyl (C=O) groups is 2. The van der Waals surface area contributed by atoms with E-state index in [1.165, 1.54) is 24.4 Å². The molecule has 2 aromatic rings. The Hall–Kier alpha value is -3.12. The van der Waals surface area contributed by atoms with Gasteiger partial charge in [-0.15, -0.1) is 0 Å². The van der Waals surface area contributed by atoms with Gasteiger partial charge in [0.2, 0.25) is 0 Å². The van der Waals surface area contributed by atoms with Crippen molar-refractivity contribution in [2.24, 2.45) is 0 Å². The molecule has 0 saturated heterocycles. The molecule has 0 radical (unpaired) electrons. The Balaban J connectivity index is 2.32. The van der Waals surface area contributed by atoms with Crippen LogP contribution in [-0.4, -0.2) is 39.6 Å². The zero-order valence-electron chi connectivity index (χ0n) is 14.5. The lowest BCUT2D eigenvalue weighted by Gasteiger charge is -2.26. The molecule has 2 amide bonds. The fourth-order valence-electron chi connectivity index (χ4n) is 2.08. The largest absolute Gasteiger partial charge is 0.460 e. The minimum atomic E-state index is -6.67. The first-order chi connectivity index (χ1) is 13.3. The first kappa shape index (κ1) is 22.2. The van der Waals surface area contributed by atoms with Crippen molar-refractivity contribution in [1.82, 2.24) is 9.78 Å². The van der Waals surface area contributed by atoms with Crippen molar-refractivity contribution in [2.45, 2.75) is 31.5 Å².